The van der Waals surface area contributed by atoms with Crippen molar-refractivity contribution in [2.24, 2.45) is 0 Å². The van der Waals surface area contributed by atoms with Crippen LogP contribution in [0.5, 0.6) is 5.75 Å². The van der Waals surface area contributed by atoms with Gasteiger partial charge in [0.25, 0.3) is 15.7 Å². The molecule has 30 heavy (non-hydrogen) atoms. The molecule has 2 rings (SSSR count). The molecule has 9 nitrogen and oxygen atoms in total. The topological polar surface area (TPSA) is 124 Å². The maximum Gasteiger partial charge on any atom is 0.311 e. The highest BCUT2D eigenvalue weighted by Gasteiger charge is 2.33. The number of ether oxygens (including phenoxy) is 1. The molecule has 0 fully saturated rings. The number of nitro groups is 1. The van der Waals surface area contributed by atoms with Gasteiger partial charge in [-0.1, -0.05) is 32.0 Å². The Kier molecular flexibility index (Phi) is 7.65. The van der Waals surface area contributed by atoms with E-state index in [4.69, 9.17) is 4.74 Å². The molecule has 0 spiro atoms. The Labute approximate surface area is 174 Å². The van der Waals surface area contributed by atoms with Crippen molar-refractivity contribution in [3.05, 3.63) is 58.6 Å². The van der Waals surface area contributed by atoms with E-state index in [2.05, 4.69) is 0 Å². The van der Waals surface area contributed by atoms with Crippen LogP contribution in [0.1, 0.15) is 39.5 Å². The average molecular weight is 434 g/mol. The number of anilines is 1. The Morgan fingerprint density at radius 3 is 2.33 bits per heavy atom. The zero-order valence-electron chi connectivity index (χ0n) is 16.6. The van der Waals surface area contributed by atoms with Gasteiger partial charge >= 0.3 is 5.97 Å². The molecular formula is C20H22N2O7S. The Bertz CT molecular complexity index is 1050. The van der Waals surface area contributed by atoms with Gasteiger partial charge in [0.2, 0.25) is 5.91 Å². The van der Waals surface area contributed by atoms with Crippen LogP contribution < -0.4 is 9.04 Å². The van der Waals surface area contributed by atoms with E-state index >= 15 is 0 Å². The highest BCUT2D eigenvalue weighted by atomic mass is 32.2. The lowest BCUT2D eigenvalue weighted by Crippen LogP contribution is -2.37. The third-order valence-electron chi connectivity index (χ3n) is 4.02. The maximum absolute atomic E-state index is 13.3. The molecule has 0 atom stereocenters. The van der Waals surface area contributed by atoms with Crippen molar-refractivity contribution in [3.63, 3.8) is 0 Å². The zero-order chi connectivity index (χ0) is 22.3. The number of non-ortho nitro benzene ring substituents is 1. The van der Waals surface area contributed by atoms with E-state index in [1.807, 2.05) is 0 Å². The predicted octanol–water partition coefficient (Wildman–Crippen LogP) is 3.82. The molecule has 0 aliphatic heterocycles. The molecule has 0 aliphatic carbocycles. The molecule has 0 aliphatic rings. The van der Waals surface area contributed by atoms with Crippen LogP contribution in [0.4, 0.5) is 11.4 Å². The highest BCUT2D eigenvalue weighted by Crippen LogP contribution is 2.34. The Hall–Kier alpha value is -3.27. The number of hydrogen-bond donors (Lipinski definition) is 0. The van der Waals surface area contributed by atoms with Crippen molar-refractivity contribution in [3.8, 4) is 5.75 Å². The van der Waals surface area contributed by atoms with Crippen molar-refractivity contribution in [2.75, 3.05) is 4.31 Å². The average Bonchev–Trinajstić information content (AvgIpc) is 2.70. The normalized spacial score (nSPS) is 11.0. The highest BCUT2D eigenvalue weighted by molar-refractivity contribution is 7.93. The van der Waals surface area contributed by atoms with Gasteiger partial charge in [0.15, 0.2) is 5.75 Å². The van der Waals surface area contributed by atoms with Gasteiger partial charge in [0, 0.05) is 25.0 Å². The SMILES string of the molecule is CCCC(=O)Oc1ccccc1N(C(=O)CCC)S(=O)(=O)c1cccc([N+](=O)[O-])c1. The number of amides is 1. The van der Waals surface area contributed by atoms with Crippen LogP contribution >= 0.6 is 0 Å². The summed E-state index contributed by atoms with van der Waals surface area (Å²) in [4.78, 5) is 34.7. The number of hydrogen-bond acceptors (Lipinski definition) is 7. The van der Waals surface area contributed by atoms with E-state index in [-0.39, 0.29) is 24.3 Å². The van der Waals surface area contributed by atoms with Crippen molar-refractivity contribution in [2.45, 2.75) is 44.4 Å². The summed E-state index contributed by atoms with van der Waals surface area (Å²) in [7, 11) is -4.51. The van der Waals surface area contributed by atoms with E-state index in [1.165, 1.54) is 30.3 Å². The molecule has 0 unspecified atom stereocenters. The standard InChI is InChI=1S/C20H22N2O7S/c1-3-8-19(23)21(17-12-5-6-13-18(17)29-20(24)9-4-2)30(27,28)16-11-7-10-15(14-16)22(25)26/h5-7,10-14H,3-4,8-9H2,1-2H3. The molecule has 1 amide bonds. The smallest absolute Gasteiger partial charge is 0.311 e. The molecule has 0 bridgehead atoms. The van der Waals surface area contributed by atoms with Crippen molar-refractivity contribution >= 4 is 33.3 Å². The molecule has 0 saturated heterocycles. The van der Waals surface area contributed by atoms with E-state index in [0.29, 0.717) is 17.1 Å². The fraction of sp³-hybridized carbons (Fsp3) is 0.300. The van der Waals surface area contributed by atoms with E-state index in [1.54, 1.807) is 19.9 Å². The van der Waals surface area contributed by atoms with Crippen LogP contribution in [0, 0.1) is 10.1 Å². The summed E-state index contributed by atoms with van der Waals surface area (Å²) < 4.78 is 32.5. The molecule has 0 N–H and O–H groups in total. The van der Waals surface area contributed by atoms with Gasteiger partial charge in [-0.15, -0.1) is 0 Å². The number of carbonyl (C=O) groups is 2. The predicted molar refractivity (Wildman–Crippen MR) is 110 cm³/mol. The van der Waals surface area contributed by atoms with Crippen LogP contribution in [0.25, 0.3) is 0 Å². The zero-order valence-corrected chi connectivity index (χ0v) is 17.4. The largest absolute Gasteiger partial charge is 0.424 e. The Morgan fingerprint density at radius 2 is 1.70 bits per heavy atom. The van der Waals surface area contributed by atoms with Crippen molar-refractivity contribution in [1.82, 2.24) is 0 Å². The summed E-state index contributed by atoms with van der Waals surface area (Å²) in [6, 6.07) is 10.2. The second-order valence-corrected chi connectivity index (χ2v) is 8.15. The van der Waals surface area contributed by atoms with E-state index < -0.39 is 37.4 Å². The summed E-state index contributed by atoms with van der Waals surface area (Å²) in [5, 5.41) is 11.1. The molecule has 160 valence electrons. The lowest BCUT2D eigenvalue weighted by Gasteiger charge is -2.24. The number of carbonyl (C=O) groups excluding carboxylic acids is 2. The summed E-state index contributed by atoms with van der Waals surface area (Å²) in [6.07, 6.45) is 0.934. The minimum absolute atomic E-state index is 0.0885. The number of nitrogens with zero attached hydrogens (tertiary/aromatic N) is 2. The van der Waals surface area contributed by atoms with Gasteiger partial charge in [-0.3, -0.25) is 19.7 Å². The third-order valence-corrected chi connectivity index (χ3v) is 5.75. The Morgan fingerprint density at radius 1 is 1.03 bits per heavy atom. The van der Waals surface area contributed by atoms with Gasteiger partial charge in [-0.2, -0.15) is 4.31 Å². The fourth-order valence-corrected chi connectivity index (χ4v) is 4.17. The molecule has 0 aromatic heterocycles. The first kappa shape index (κ1) is 23.0. The third kappa shape index (κ3) is 5.20. The van der Waals surface area contributed by atoms with Gasteiger partial charge in [0.1, 0.15) is 5.69 Å². The summed E-state index contributed by atoms with van der Waals surface area (Å²) in [6.45, 7) is 3.50. The molecule has 2 aromatic rings. The summed E-state index contributed by atoms with van der Waals surface area (Å²) >= 11 is 0. The number of rotatable bonds is 9. The van der Waals surface area contributed by atoms with E-state index in [0.717, 1.165) is 12.1 Å². The van der Waals surface area contributed by atoms with Crippen LogP contribution in [0.3, 0.4) is 0 Å². The van der Waals surface area contributed by atoms with E-state index in [9.17, 15) is 28.1 Å². The quantitative estimate of drug-likeness (QED) is 0.254. The minimum atomic E-state index is -4.51. The Balaban J connectivity index is 2.63. The van der Waals surface area contributed by atoms with Gasteiger partial charge in [-0.05, 0) is 31.0 Å². The lowest BCUT2D eigenvalue weighted by atomic mass is 10.2. The monoisotopic (exact) mass is 434 g/mol. The molecular weight excluding hydrogens is 412 g/mol. The number of para-hydroxylation sites is 2. The van der Waals surface area contributed by atoms with Gasteiger partial charge in [0.05, 0.1) is 9.82 Å². The first-order chi connectivity index (χ1) is 14.2. The first-order valence-corrected chi connectivity index (χ1v) is 10.8. The number of benzene rings is 2. The molecule has 0 saturated carbocycles. The van der Waals surface area contributed by atoms with Crippen LogP contribution in [-0.4, -0.2) is 25.2 Å². The fourth-order valence-electron chi connectivity index (χ4n) is 2.67. The van der Waals surface area contributed by atoms with Gasteiger partial charge < -0.3 is 4.74 Å². The minimum Gasteiger partial charge on any atom is -0.424 e. The summed E-state index contributed by atoms with van der Waals surface area (Å²) in [5.74, 6) is -1.40. The second-order valence-electron chi connectivity index (χ2n) is 6.36. The first-order valence-electron chi connectivity index (χ1n) is 9.34. The maximum atomic E-state index is 13.3. The molecule has 10 heteroatoms. The lowest BCUT2D eigenvalue weighted by molar-refractivity contribution is -0.385. The molecule has 0 radical (unpaired) electrons. The second kappa shape index (κ2) is 9.97. The van der Waals surface area contributed by atoms with Crippen molar-refractivity contribution < 1.29 is 27.7 Å². The number of nitro benzene ring substituents is 1. The number of sulfonamides is 1. The number of esters is 1. The summed E-state index contributed by atoms with van der Waals surface area (Å²) in [5.41, 5.74) is -0.562. The van der Waals surface area contributed by atoms with Crippen molar-refractivity contribution in [1.29, 1.82) is 0 Å². The van der Waals surface area contributed by atoms with Crippen LogP contribution in [0.2, 0.25) is 0 Å². The van der Waals surface area contributed by atoms with Gasteiger partial charge in [-0.25, -0.2) is 8.42 Å². The van der Waals surface area contributed by atoms with Crippen LogP contribution in [-0.2, 0) is 19.6 Å². The molecule has 0 heterocycles. The molecule has 2 aromatic carbocycles. The van der Waals surface area contributed by atoms with Crippen LogP contribution in [0.15, 0.2) is 53.4 Å².